The maximum absolute atomic E-state index is 10.9. The first kappa shape index (κ1) is 12.4. The van der Waals surface area contributed by atoms with Crippen molar-refractivity contribution in [3.05, 3.63) is 0 Å². The molecule has 2 atom stereocenters. The van der Waals surface area contributed by atoms with Gasteiger partial charge in [0.1, 0.15) is 9.84 Å². The molecule has 0 aliphatic heterocycles. The highest BCUT2D eigenvalue weighted by molar-refractivity contribution is 7.90. The number of nitriles is 1. The standard InChI is InChI=1S/C8H16N2O2S/c1-7(4-5-9)10-8(2)6-13(3,11)12/h7-8,10H,4,6H2,1-3H3. The van der Waals surface area contributed by atoms with E-state index < -0.39 is 9.84 Å². The number of hydrogen-bond donors (Lipinski definition) is 1. The third-order valence-corrected chi connectivity index (χ3v) is 2.62. The summed E-state index contributed by atoms with van der Waals surface area (Å²) in [7, 11) is -2.93. The van der Waals surface area contributed by atoms with E-state index >= 15 is 0 Å². The van der Waals surface area contributed by atoms with Gasteiger partial charge < -0.3 is 5.32 Å². The van der Waals surface area contributed by atoms with Gasteiger partial charge in [-0.25, -0.2) is 8.42 Å². The Morgan fingerprint density at radius 3 is 2.31 bits per heavy atom. The summed E-state index contributed by atoms with van der Waals surface area (Å²) in [5, 5.41) is 11.4. The molecule has 0 bridgehead atoms. The molecule has 76 valence electrons. The normalized spacial score (nSPS) is 16.2. The largest absolute Gasteiger partial charge is 0.310 e. The van der Waals surface area contributed by atoms with Gasteiger partial charge >= 0.3 is 0 Å². The van der Waals surface area contributed by atoms with Crippen molar-refractivity contribution in [3.63, 3.8) is 0 Å². The second-order valence-corrected chi connectivity index (χ2v) is 5.61. The highest BCUT2D eigenvalue weighted by atomic mass is 32.2. The summed E-state index contributed by atoms with van der Waals surface area (Å²) in [5.41, 5.74) is 0. The van der Waals surface area contributed by atoms with Gasteiger partial charge in [0.15, 0.2) is 0 Å². The minimum Gasteiger partial charge on any atom is -0.310 e. The zero-order chi connectivity index (χ0) is 10.5. The molecule has 1 N–H and O–H groups in total. The molecule has 2 unspecified atom stereocenters. The SMILES string of the molecule is CC(CC#N)NC(C)CS(C)(=O)=O. The van der Waals surface area contributed by atoms with Crippen molar-refractivity contribution < 1.29 is 8.42 Å². The molecule has 5 heteroatoms. The Bertz CT molecular complexity index is 279. The van der Waals surface area contributed by atoms with Crippen LogP contribution in [-0.2, 0) is 9.84 Å². The van der Waals surface area contributed by atoms with Gasteiger partial charge in [-0.2, -0.15) is 5.26 Å². The summed E-state index contributed by atoms with van der Waals surface area (Å²) in [6.07, 6.45) is 1.61. The van der Waals surface area contributed by atoms with Crippen LogP contribution in [0.1, 0.15) is 20.3 Å². The molecule has 0 rings (SSSR count). The van der Waals surface area contributed by atoms with Gasteiger partial charge in [-0.15, -0.1) is 0 Å². The van der Waals surface area contributed by atoms with Gasteiger partial charge in [-0.05, 0) is 13.8 Å². The third-order valence-electron chi connectivity index (χ3n) is 1.52. The van der Waals surface area contributed by atoms with E-state index in [1.807, 2.05) is 13.0 Å². The van der Waals surface area contributed by atoms with Crippen molar-refractivity contribution in [3.8, 4) is 6.07 Å². The molecule has 0 aliphatic rings. The van der Waals surface area contributed by atoms with Crippen LogP contribution >= 0.6 is 0 Å². The van der Waals surface area contributed by atoms with Gasteiger partial charge in [-0.1, -0.05) is 0 Å². The first-order chi connectivity index (χ1) is 5.85. The van der Waals surface area contributed by atoms with Crippen molar-refractivity contribution in [1.29, 1.82) is 5.26 Å². The van der Waals surface area contributed by atoms with Gasteiger partial charge in [0.2, 0.25) is 0 Å². The average molecular weight is 204 g/mol. The fourth-order valence-electron chi connectivity index (χ4n) is 1.18. The molecule has 0 aromatic rings. The lowest BCUT2D eigenvalue weighted by Gasteiger charge is -2.16. The van der Waals surface area contributed by atoms with Gasteiger partial charge in [0, 0.05) is 18.3 Å². The van der Waals surface area contributed by atoms with Crippen molar-refractivity contribution in [1.82, 2.24) is 5.32 Å². The van der Waals surface area contributed by atoms with E-state index in [9.17, 15) is 8.42 Å². The number of hydrogen-bond acceptors (Lipinski definition) is 4. The Morgan fingerprint density at radius 2 is 1.92 bits per heavy atom. The molecule has 0 radical (unpaired) electrons. The summed E-state index contributed by atoms with van der Waals surface area (Å²) in [6.45, 7) is 3.66. The Hall–Kier alpha value is -0.600. The number of sulfone groups is 1. The van der Waals surface area contributed by atoms with Crippen LogP contribution in [0, 0.1) is 11.3 Å². The van der Waals surface area contributed by atoms with E-state index in [1.54, 1.807) is 6.92 Å². The molecule has 13 heavy (non-hydrogen) atoms. The van der Waals surface area contributed by atoms with Crippen LogP contribution in [0.5, 0.6) is 0 Å². The van der Waals surface area contributed by atoms with Gasteiger partial charge in [-0.3, -0.25) is 0 Å². The van der Waals surface area contributed by atoms with Gasteiger partial charge in [0.05, 0.1) is 18.2 Å². The Morgan fingerprint density at radius 1 is 1.38 bits per heavy atom. The molecular formula is C8H16N2O2S. The fraction of sp³-hybridized carbons (Fsp3) is 0.875. The number of nitrogens with one attached hydrogen (secondary N) is 1. The van der Waals surface area contributed by atoms with Crippen LogP contribution in [0.25, 0.3) is 0 Å². The smallest absolute Gasteiger partial charge is 0.148 e. The molecule has 0 amide bonds. The molecule has 0 saturated heterocycles. The zero-order valence-corrected chi connectivity index (χ0v) is 9.06. The van der Waals surface area contributed by atoms with E-state index in [1.165, 1.54) is 6.26 Å². The molecule has 0 aliphatic carbocycles. The van der Waals surface area contributed by atoms with E-state index in [0.29, 0.717) is 6.42 Å². The van der Waals surface area contributed by atoms with Crippen LogP contribution in [0.2, 0.25) is 0 Å². The van der Waals surface area contributed by atoms with Crippen molar-refractivity contribution in [2.45, 2.75) is 32.4 Å². The van der Waals surface area contributed by atoms with Crippen molar-refractivity contribution >= 4 is 9.84 Å². The highest BCUT2D eigenvalue weighted by Crippen LogP contribution is 1.95. The molecule has 0 aromatic carbocycles. The monoisotopic (exact) mass is 204 g/mol. The summed E-state index contributed by atoms with van der Waals surface area (Å²) in [5.74, 6) is 0.114. The maximum atomic E-state index is 10.9. The predicted octanol–water partition coefficient (Wildman–Crippen LogP) is 0.311. The summed E-state index contributed by atoms with van der Waals surface area (Å²) >= 11 is 0. The molecular weight excluding hydrogens is 188 g/mol. The maximum Gasteiger partial charge on any atom is 0.148 e. The molecule has 0 heterocycles. The zero-order valence-electron chi connectivity index (χ0n) is 8.24. The molecule has 4 nitrogen and oxygen atoms in total. The quantitative estimate of drug-likeness (QED) is 0.699. The summed E-state index contributed by atoms with van der Waals surface area (Å²) in [4.78, 5) is 0. The Kier molecular flexibility index (Phi) is 4.96. The molecule has 0 fully saturated rings. The lowest BCUT2D eigenvalue weighted by atomic mass is 10.2. The van der Waals surface area contributed by atoms with Crippen LogP contribution in [0.15, 0.2) is 0 Å². The van der Waals surface area contributed by atoms with Crippen LogP contribution in [0.4, 0.5) is 0 Å². The fourth-order valence-corrected chi connectivity index (χ4v) is 2.19. The topological polar surface area (TPSA) is 70.0 Å². The third kappa shape index (κ3) is 7.75. The second kappa shape index (κ2) is 5.20. The molecule has 0 saturated carbocycles. The minimum absolute atomic E-state index is 0.0433. The van der Waals surface area contributed by atoms with Crippen LogP contribution in [-0.4, -0.2) is 32.5 Å². The lowest BCUT2D eigenvalue weighted by molar-refractivity contribution is 0.492. The first-order valence-corrected chi connectivity index (χ1v) is 6.22. The van der Waals surface area contributed by atoms with Crippen LogP contribution in [0.3, 0.4) is 0 Å². The first-order valence-electron chi connectivity index (χ1n) is 4.16. The Labute approximate surface area is 79.9 Å². The lowest BCUT2D eigenvalue weighted by Crippen LogP contribution is -2.38. The Balaban J connectivity index is 3.89. The van der Waals surface area contributed by atoms with E-state index in [4.69, 9.17) is 5.26 Å². The highest BCUT2D eigenvalue weighted by Gasteiger charge is 2.12. The second-order valence-electron chi connectivity index (χ2n) is 3.42. The summed E-state index contributed by atoms with van der Waals surface area (Å²) < 4.78 is 21.8. The average Bonchev–Trinajstić information content (AvgIpc) is 1.81. The number of rotatable bonds is 5. The molecule has 0 spiro atoms. The van der Waals surface area contributed by atoms with E-state index in [-0.39, 0.29) is 17.8 Å². The number of nitrogens with zero attached hydrogens (tertiary/aromatic N) is 1. The van der Waals surface area contributed by atoms with Crippen LogP contribution < -0.4 is 5.32 Å². The van der Waals surface area contributed by atoms with Crippen molar-refractivity contribution in [2.24, 2.45) is 0 Å². The van der Waals surface area contributed by atoms with Crippen molar-refractivity contribution in [2.75, 3.05) is 12.0 Å². The predicted molar refractivity (Wildman–Crippen MR) is 52.0 cm³/mol. The van der Waals surface area contributed by atoms with E-state index in [0.717, 1.165) is 0 Å². The minimum atomic E-state index is -2.93. The summed E-state index contributed by atoms with van der Waals surface area (Å²) in [6, 6.07) is 1.97. The van der Waals surface area contributed by atoms with Gasteiger partial charge in [0.25, 0.3) is 0 Å². The molecule has 0 aromatic heterocycles. The van der Waals surface area contributed by atoms with E-state index in [2.05, 4.69) is 5.32 Å².